The van der Waals surface area contributed by atoms with Gasteiger partial charge in [0.05, 0.1) is 5.02 Å². The zero-order chi connectivity index (χ0) is 13.3. The van der Waals surface area contributed by atoms with E-state index < -0.39 is 15.8 Å². The fraction of sp³-hybridized carbons (Fsp3) is 0.455. The van der Waals surface area contributed by atoms with Crippen molar-refractivity contribution < 1.29 is 12.8 Å². The minimum atomic E-state index is -3.86. The number of rotatable bonds is 3. The maximum Gasteiger partial charge on any atom is 0.246 e. The van der Waals surface area contributed by atoms with Gasteiger partial charge in [0.25, 0.3) is 0 Å². The van der Waals surface area contributed by atoms with Crippen LogP contribution < -0.4 is 5.73 Å². The molecule has 0 bridgehead atoms. The highest BCUT2D eigenvalue weighted by atomic mass is 35.5. The molecule has 1 heterocycles. The van der Waals surface area contributed by atoms with Gasteiger partial charge < -0.3 is 5.73 Å². The number of halogens is 2. The van der Waals surface area contributed by atoms with Crippen molar-refractivity contribution in [2.45, 2.75) is 23.8 Å². The van der Waals surface area contributed by atoms with Crippen molar-refractivity contribution in [2.75, 3.05) is 13.1 Å². The summed E-state index contributed by atoms with van der Waals surface area (Å²) in [5.41, 5.74) is 5.54. The van der Waals surface area contributed by atoms with Crippen molar-refractivity contribution in [3.63, 3.8) is 0 Å². The fourth-order valence-electron chi connectivity index (χ4n) is 2.17. The van der Waals surface area contributed by atoms with Crippen molar-refractivity contribution in [2.24, 2.45) is 5.73 Å². The maximum absolute atomic E-state index is 13.8. The molecule has 0 unspecified atom stereocenters. The van der Waals surface area contributed by atoms with Crippen LogP contribution >= 0.6 is 11.6 Å². The van der Waals surface area contributed by atoms with Crippen LogP contribution in [0.15, 0.2) is 23.1 Å². The van der Waals surface area contributed by atoms with E-state index >= 15 is 0 Å². The van der Waals surface area contributed by atoms with E-state index in [1.165, 1.54) is 22.5 Å². The molecular formula is C11H14ClFN2O2S. The third kappa shape index (κ3) is 2.25. The van der Waals surface area contributed by atoms with Crippen LogP contribution in [0.5, 0.6) is 0 Å². The van der Waals surface area contributed by atoms with E-state index in [-0.39, 0.29) is 22.5 Å². The van der Waals surface area contributed by atoms with Crippen LogP contribution in [0, 0.1) is 5.82 Å². The Morgan fingerprint density at radius 2 is 2.22 bits per heavy atom. The Balaban J connectivity index is 2.45. The largest absolute Gasteiger partial charge is 0.329 e. The van der Waals surface area contributed by atoms with Crippen molar-refractivity contribution >= 4 is 21.6 Å². The van der Waals surface area contributed by atoms with Crippen molar-refractivity contribution in [3.8, 4) is 0 Å². The zero-order valence-corrected chi connectivity index (χ0v) is 11.2. The number of sulfonamides is 1. The quantitative estimate of drug-likeness (QED) is 0.920. The monoisotopic (exact) mass is 292 g/mol. The summed E-state index contributed by atoms with van der Waals surface area (Å²) in [6.45, 7) is 0.609. The third-order valence-corrected chi connectivity index (χ3v) is 5.36. The molecule has 1 aromatic carbocycles. The first-order valence-corrected chi connectivity index (χ1v) is 7.46. The van der Waals surface area contributed by atoms with Crippen molar-refractivity contribution in [1.82, 2.24) is 4.31 Å². The summed E-state index contributed by atoms with van der Waals surface area (Å²) in [4.78, 5) is -0.379. The number of hydrogen-bond acceptors (Lipinski definition) is 3. The van der Waals surface area contributed by atoms with Crippen molar-refractivity contribution in [1.29, 1.82) is 0 Å². The normalized spacial score (nSPS) is 21.4. The first-order valence-electron chi connectivity index (χ1n) is 5.64. The standard InChI is InChI=1S/C11H14ClFN2O2S/c12-9-4-1-5-10(11(9)13)18(16,17)15-6-2-3-8(15)7-14/h1,4-5,8H,2-3,6-7,14H2/t8-/m0/s1. The molecule has 0 radical (unpaired) electrons. The zero-order valence-electron chi connectivity index (χ0n) is 9.64. The molecule has 1 fully saturated rings. The highest BCUT2D eigenvalue weighted by Crippen LogP contribution is 2.29. The van der Waals surface area contributed by atoms with Gasteiger partial charge in [-0.1, -0.05) is 17.7 Å². The molecule has 2 N–H and O–H groups in total. The minimum Gasteiger partial charge on any atom is -0.329 e. The van der Waals surface area contributed by atoms with Gasteiger partial charge in [0.15, 0.2) is 5.82 Å². The highest BCUT2D eigenvalue weighted by molar-refractivity contribution is 7.89. The van der Waals surface area contributed by atoms with Crippen LogP contribution in [0.2, 0.25) is 5.02 Å². The summed E-state index contributed by atoms with van der Waals surface area (Å²) in [6, 6.07) is 3.71. The molecular weight excluding hydrogens is 279 g/mol. The van der Waals surface area contributed by atoms with E-state index in [1.807, 2.05) is 0 Å². The lowest BCUT2D eigenvalue weighted by atomic mass is 10.2. The number of benzene rings is 1. The number of nitrogens with two attached hydrogens (primary N) is 1. The van der Waals surface area contributed by atoms with Gasteiger partial charge in [-0.2, -0.15) is 4.31 Å². The van der Waals surface area contributed by atoms with Gasteiger partial charge in [-0.25, -0.2) is 12.8 Å². The Morgan fingerprint density at radius 3 is 2.89 bits per heavy atom. The first-order chi connectivity index (χ1) is 8.48. The molecule has 0 amide bonds. The van der Waals surface area contributed by atoms with Gasteiger partial charge >= 0.3 is 0 Å². The molecule has 100 valence electrons. The van der Waals surface area contributed by atoms with Crippen LogP contribution in [0.25, 0.3) is 0 Å². The second kappa shape index (κ2) is 5.13. The lowest BCUT2D eigenvalue weighted by Crippen LogP contribution is -2.40. The molecule has 0 aromatic heterocycles. The van der Waals surface area contributed by atoms with E-state index in [0.29, 0.717) is 13.0 Å². The summed E-state index contributed by atoms with van der Waals surface area (Å²) in [5.74, 6) is -0.901. The van der Waals surface area contributed by atoms with Gasteiger partial charge in [-0.3, -0.25) is 0 Å². The van der Waals surface area contributed by atoms with Gasteiger partial charge in [0.1, 0.15) is 4.90 Å². The second-order valence-corrected chi connectivity index (χ2v) is 6.47. The molecule has 0 saturated carbocycles. The predicted molar refractivity (Wildman–Crippen MR) is 67.4 cm³/mol. The van der Waals surface area contributed by atoms with E-state index in [4.69, 9.17) is 17.3 Å². The van der Waals surface area contributed by atoms with Gasteiger partial charge in [-0.05, 0) is 25.0 Å². The van der Waals surface area contributed by atoms with Crippen LogP contribution in [0.4, 0.5) is 4.39 Å². The lowest BCUT2D eigenvalue weighted by molar-refractivity contribution is 0.390. The molecule has 2 rings (SSSR count). The summed E-state index contributed by atoms with van der Waals surface area (Å²) >= 11 is 5.61. The molecule has 1 atom stereocenters. The van der Waals surface area contributed by atoms with Crippen molar-refractivity contribution in [3.05, 3.63) is 29.0 Å². The molecule has 7 heteroatoms. The van der Waals surface area contributed by atoms with Gasteiger partial charge in [-0.15, -0.1) is 0 Å². The number of nitrogens with zero attached hydrogens (tertiary/aromatic N) is 1. The molecule has 1 aliphatic rings. The molecule has 1 aliphatic heterocycles. The summed E-state index contributed by atoms with van der Waals surface area (Å²) in [7, 11) is -3.86. The predicted octanol–water partition coefficient (Wildman–Crippen LogP) is 1.59. The topological polar surface area (TPSA) is 63.4 Å². The third-order valence-electron chi connectivity index (χ3n) is 3.10. The smallest absolute Gasteiger partial charge is 0.246 e. The summed E-state index contributed by atoms with van der Waals surface area (Å²) in [6.07, 6.45) is 1.45. The van der Waals surface area contributed by atoms with E-state index in [0.717, 1.165) is 6.42 Å². The van der Waals surface area contributed by atoms with Crippen LogP contribution in [-0.2, 0) is 10.0 Å². The van der Waals surface area contributed by atoms with Gasteiger partial charge in [0.2, 0.25) is 10.0 Å². The van der Waals surface area contributed by atoms with Crippen LogP contribution in [0.1, 0.15) is 12.8 Å². The molecule has 0 spiro atoms. The SMILES string of the molecule is NC[C@@H]1CCCN1S(=O)(=O)c1cccc(Cl)c1F. The fourth-order valence-corrected chi connectivity index (χ4v) is 4.19. The average Bonchev–Trinajstić information content (AvgIpc) is 2.81. The summed E-state index contributed by atoms with van der Waals surface area (Å²) in [5, 5.41) is -0.195. The highest BCUT2D eigenvalue weighted by Gasteiger charge is 2.36. The Morgan fingerprint density at radius 1 is 1.50 bits per heavy atom. The average molecular weight is 293 g/mol. The Bertz CT molecular complexity index is 550. The van der Waals surface area contributed by atoms with E-state index in [1.54, 1.807) is 0 Å². The van der Waals surface area contributed by atoms with Gasteiger partial charge in [0, 0.05) is 19.1 Å². The lowest BCUT2D eigenvalue weighted by Gasteiger charge is -2.23. The van der Waals surface area contributed by atoms with E-state index in [9.17, 15) is 12.8 Å². The number of hydrogen-bond donors (Lipinski definition) is 1. The Labute approximate surface area is 111 Å². The van der Waals surface area contributed by atoms with Crippen LogP contribution in [-0.4, -0.2) is 31.9 Å². The minimum absolute atomic E-state index is 0.195. The van der Waals surface area contributed by atoms with E-state index in [2.05, 4.69) is 0 Å². The Kier molecular flexibility index (Phi) is 3.91. The summed E-state index contributed by atoms with van der Waals surface area (Å²) < 4.78 is 39.8. The molecule has 0 aliphatic carbocycles. The maximum atomic E-state index is 13.8. The Hall–Kier alpha value is -0.690. The first kappa shape index (κ1) is 13.7. The van der Waals surface area contributed by atoms with Crippen LogP contribution in [0.3, 0.4) is 0 Å². The molecule has 18 heavy (non-hydrogen) atoms. The molecule has 1 saturated heterocycles. The molecule has 4 nitrogen and oxygen atoms in total. The molecule has 1 aromatic rings. The second-order valence-electron chi connectivity index (χ2n) is 4.20.